The molecule has 0 aliphatic rings. The molecule has 0 aliphatic heterocycles. The number of hydrogen-bond donors (Lipinski definition) is 0. The maximum Gasteiger partial charge on any atom is 0.194 e. The molecular formula is C13H12O4. The van der Waals surface area contributed by atoms with Gasteiger partial charge in [-0.3, -0.25) is 9.59 Å². The molecule has 4 nitrogen and oxygen atoms in total. The van der Waals surface area contributed by atoms with Crippen molar-refractivity contribution in [3.8, 4) is 5.75 Å². The minimum atomic E-state index is -0.172. The fourth-order valence-electron chi connectivity index (χ4n) is 1.76. The highest BCUT2D eigenvalue weighted by Crippen LogP contribution is 2.30. The predicted octanol–water partition coefficient (Wildman–Crippen LogP) is 2.85. The van der Waals surface area contributed by atoms with Crippen LogP contribution >= 0.6 is 0 Å². The zero-order valence-electron chi connectivity index (χ0n) is 9.87. The van der Waals surface area contributed by atoms with E-state index >= 15 is 0 Å². The molecule has 4 heteroatoms. The molecule has 0 unspecified atom stereocenters. The van der Waals surface area contributed by atoms with Crippen LogP contribution in [0.3, 0.4) is 0 Å². The van der Waals surface area contributed by atoms with Crippen molar-refractivity contribution in [1.29, 1.82) is 0 Å². The lowest BCUT2D eigenvalue weighted by Gasteiger charge is -2.05. The Morgan fingerprint density at radius 2 is 1.88 bits per heavy atom. The number of fused-ring (bicyclic) bond motifs is 1. The van der Waals surface area contributed by atoms with Gasteiger partial charge < -0.3 is 9.15 Å². The Kier molecular flexibility index (Phi) is 2.71. The molecule has 0 atom stereocenters. The standard InChI is InChI=1S/C13H12O4/c1-7(14)11-6-9-4-5-10(16-3)12(8(2)15)13(9)17-11/h4-6H,1-3H3. The van der Waals surface area contributed by atoms with Crippen molar-refractivity contribution >= 4 is 22.5 Å². The van der Waals surface area contributed by atoms with Crippen LogP contribution in [0.5, 0.6) is 5.75 Å². The van der Waals surface area contributed by atoms with Crippen LogP contribution in [0, 0.1) is 0 Å². The summed E-state index contributed by atoms with van der Waals surface area (Å²) < 4.78 is 10.5. The SMILES string of the molecule is COc1ccc2cc(C(C)=O)oc2c1C(C)=O. The number of Topliss-reactive ketones (excluding diaryl/α,β-unsaturated/α-hetero) is 2. The second-order valence-electron chi connectivity index (χ2n) is 3.78. The van der Waals surface area contributed by atoms with E-state index in [1.54, 1.807) is 18.2 Å². The number of ketones is 2. The molecule has 0 aliphatic carbocycles. The number of methoxy groups -OCH3 is 1. The molecule has 1 aromatic heterocycles. The van der Waals surface area contributed by atoms with Crippen molar-refractivity contribution in [1.82, 2.24) is 0 Å². The van der Waals surface area contributed by atoms with E-state index in [2.05, 4.69) is 0 Å². The number of carbonyl (C=O) groups is 2. The summed E-state index contributed by atoms with van der Waals surface area (Å²) in [6.45, 7) is 2.86. The number of benzene rings is 1. The van der Waals surface area contributed by atoms with Crippen molar-refractivity contribution in [3.63, 3.8) is 0 Å². The van der Waals surface area contributed by atoms with E-state index < -0.39 is 0 Å². The summed E-state index contributed by atoms with van der Waals surface area (Å²) in [5.74, 6) is 0.372. The van der Waals surface area contributed by atoms with Gasteiger partial charge in [0, 0.05) is 12.3 Å². The van der Waals surface area contributed by atoms with Crippen LogP contribution in [0.2, 0.25) is 0 Å². The first kappa shape index (κ1) is 11.4. The molecule has 0 saturated heterocycles. The Bertz CT molecular complexity index is 607. The molecule has 0 N–H and O–H groups in total. The molecule has 88 valence electrons. The quantitative estimate of drug-likeness (QED) is 0.763. The first-order valence-electron chi connectivity index (χ1n) is 5.17. The van der Waals surface area contributed by atoms with E-state index in [0.717, 1.165) is 5.39 Å². The largest absolute Gasteiger partial charge is 0.496 e. The van der Waals surface area contributed by atoms with Crippen molar-refractivity contribution in [2.45, 2.75) is 13.8 Å². The average Bonchev–Trinajstić information content (AvgIpc) is 2.70. The van der Waals surface area contributed by atoms with E-state index in [9.17, 15) is 9.59 Å². The van der Waals surface area contributed by atoms with Crippen LogP contribution in [-0.4, -0.2) is 18.7 Å². The van der Waals surface area contributed by atoms with Gasteiger partial charge in [-0.15, -0.1) is 0 Å². The highest BCUT2D eigenvalue weighted by molar-refractivity contribution is 6.09. The topological polar surface area (TPSA) is 56.5 Å². The minimum Gasteiger partial charge on any atom is -0.496 e. The zero-order valence-corrected chi connectivity index (χ0v) is 9.87. The number of furan rings is 1. The Morgan fingerprint density at radius 3 is 2.41 bits per heavy atom. The molecular weight excluding hydrogens is 220 g/mol. The summed E-state index contributed by atoms with van der Waals surface area (Å²) in [7, 11) is 1.49. The Morgan fingerprint density at radius 1 is 1.18 bits per heavy atom. The first-order chi connectivity index (χ1) is 8.04. The molecule has 0 amide bonds. The molecule has 1 aromatic carbocycles. The summed E-state index contributed by atoms with van der Waals surface area (Å²) in [5.41, 5.74) is 0.777. The van der Waals surface area contributed by atoms with Gasteiger partial charge in [0.25, 0.3) is 0 Å². The molecule has 0 radical (unpaired) electrons. The summed E-state index contributed by atoms with van der Waals surface area (Å²) in [4.78, 5) is 22.8. The van der Waals surface area contributed by atoms with Crippen molar-refractivity contribution in [2.24, 2.45) is 0 Å². The van der Waals surface area contributed by atoms with Gasteiger partial charge in [-0.05, 0) is 25.1 Å². The molecule has 0 spiro atoms. The highest BCUT2D eigenvalue weighted by Gasteiger charge is 2.18. The molecule has 0 bridgehead atoms. The highest BCUT2D eigenvalue weighted by atomic mass is 16.5. The van der Waals surface area contributed by atoms with Gasteiger partial charge in [0.05, 0.1) is 7.11 Å². The summed E-state index contributed by atoms with van der Waals surface area (Å²) in [6.07, 6.45) is 0. The normalized spacial score (nSPS) is 10.5. The lowest BCUT2D eigenvalue weighted by atomic mass is 10.1. The molecule has 2 rings (SSSR count). The number of rotatable bonds is 3. The third kappa shape index (κ3) is 1.82. The van der Waals surface area contributed by atoms with Crippen LogP contribution in [0.1, 0.15) is 34.8 Å². The van der Waals surface area contributed by atoms with Gasteiger partial charge in [-0.25, -0.2) is 0 Å². The first-order valence-corrected chi connectivity index (χ1v) is 5.17. The summed E-state index contributed by atoms with van der Waals surface area (Å²) in [6, 6.07) is 5.08. The van der Waals surface area contributed by atoms with Crippen molar-refractivity contribution in [2.75, 3.05) is 7.11 Å². The van der Waals surface area contributed by atoms with Gasteiger partial charge in [-0.2, -0.15) is 0 Å². The van der Waals surface area contributed by atoms with Crippen molar-refractivity contribution in [3.05, 3.63) is 29.5 Å². The van der Waals surface area contributed by atoms with E-state index in [-0.39, 0.29) is 17.3 Å². The smallest absolute Gasteiger partial charge is 0.194 e. The van der Waals surface area contributed by atoms with Gasteiger partial charge in [0.1, 0.15) is 16.9 Å². The van der Waals surface area contributed by atoms with Crippen LogP contribution in [-0.2, 0) is 0 Å². The van der Waals surface area contributed by atoms with E-state index in [0.29, 0.717) is 16.9 Å². The molecule has 17 heavy (non-hydrogen) atoms. The molecule has 0 fully saturated rings. The van der Waals surface area contributed by atoms with Crippen molar-refractivity contribution < 1.29 is 18.7 Å². The van der Waals surface area contributed by atoms with E-state index in [1.807, 2.05) is 0 Å². The molecule has 0 saturated carbocycles. The minimum absolute atomic E-state index is 0.156. The number of hydrogen-bond acceptors (Lipinski definition) is 4. The monoisotopic (exact) mass is 232 g/mol. The molecule has 2 aromatic rings. The van der Waals surface area contributed by atoms with Gasteiger partial charge in [0.15, 0.2) is 17.3 Å². The maximum absolute atomic E-state index is 11.6. The van der Waals surface area contributed by atoms with E-state index in [4.69, 9.17) is 9.15 Å². The fourth-order valence-corrected chi connectivity index (χ4v) is 1.76. The van der Waals surface area contributed by atoms with Gasteiger partial charge in [0.2, 0.25) is 0 Å². The fraction of sp³-hybridized carbons (Fsp3) is 0.231. The second kappa shape index (κ2) is 4.05. The average molecular weight is 232 g/mol. The Labute approximate surface area is 98.2 Å². The number of carbonyl (C=O) groups excluding carboxylic acids is 2. The lowest BCUT2D eigenvalue weighted by Crippen LogP contribution is -1.97. The van der Waals surface area contributed by atoms with E-state index in [1.165, 1.54) is 21.0 Å². The third-order valence-corrected chi connectivity index (χ3v) is 2.57. The third-order valence-electron chi connectivity index (χ3n) is 2.57. The maximum atomic E-state index is 11.6. The Balaban J connectivity index is 2.80. The van der Waals surface area contributed by atoms with Gasteiger partial charge in [-0.1, -0.05) is 0 Å². The zero-order chi connectivity index (χ0) is 12.6. The van der Waals surface area contributed by atoms with Crippen LogP contribution in [0.4, 0.5) is 0 Å². The summed E-state index contributed by atoms with van der Waals surface area (Å²) in [5, 5.41) is 0.723. The van der Waals surface area contributed by atoms with Crippen LogP contribution in [0.25, 0.3) is 11.0 Å². The lowest BCUT2D eigenvalue weighted by molar-refractivity contribution is 0.0982. The van der Waals surface area contributed by atoms with Crippen LogP contribution in [0.15, 0.2) is 22.6 Å². The number of ether oxygens (including phenoxy) is 1. The molecule has 1 heterocycles. The summed E-state index contributed by atoms with van der Waals surface area (Å²) >= 11 is 0. The predicted molar refractivity (Wildman–Crippen MR) is 62.8 cm³/mol. The van der Waals surface area contributed by atoms with Gasteiger partial charge >= 0.3 is 0 Å². The Hall–Kier alpha value is -2.10. The second-order valence-corrected chi connectivity index (χ2v) is 3.78. The van der Waals surface area contributed by atoms with Crippen LogP contribution < -0.4 is 4.74 Å².